The number of carboxylic acids is 1. The van der Waals surface area contributed by atoms with Gasteiger partial charge in [0.25, 0.3) is 5.91 Å². The van der Waals surface area contributed by atoms with Crippen molar-refractivity contribution >= 4 is 11.9 Å². The number of piperidine rings is 1. The van der Waals surface area contributed by atoms with Crippen LogP contribution < -0.4 is 4.74 Å². The molecule has 1 N–H and O–H groups in total. The van der Waals surface area contributed by atoms with E-state index in [9.17, 15) is 9.59 Å². The molecule has 0 aromatic heterocycles. The molecule has 0 saturated carbocycles. The first kappa shape index (κ1) is 15.4. The highest BCUT2D eigenvalue weighted by Crippen LogP contribution is 2.20. The van der Waals surface area contributed by atoms with Crippen LogP contribution in [0.25, 0.3) is 0 Å². The predicted octanol–water partition coefficient (Wildman–Crippen LogP) is 2.09. The Morgan fingerprint density at radius 3 is 2.57 bits per heavy atom. The quantitative estimate of drug-likeness (QED) is 0.922. The second-order valence-electron chi connectivity index (χ2n) is 5.51. The Balaban J connectivity index is 1.90. The second kappa shape index (κ2) is 6.61. The van der Waals surface area contributed by atoms with E-state index in [0.717, 1.165) is 5.56 Å². The van der Waals surface area contributed by atoms with Gasteiger partial charge in [0.1, 0.15) is 5.75 Å². The van der Waals surface area contributed by atoms with Gasteiger partial charge in [-0.1, -0.05) is 12.1 Å². The normalized spacial score (nSPS) is 17.3. The fraction of sp³-hybridized carbons (Fsp3) is 0.500. The number of rotatable bonds is 4. The summed E-state index contributed by atoms with van der Waals surface area (Å²) in [5.74, 6) is -0.509. The SMILES string of the molecule is Cc1cccc(OC(C)C(=O)N2CCC(C(=O)O)CC2)c1. The van der Waals surface area contributed by atoms with Gasteiger partial charge in [0.2, 0.25) is 0 Å². The van der Waals surface area contributed by atoms with Crippen LogP contribution in [0.5, 0.6) is 5.75 Å². The fourth-order valence-corrected chi connectivity index (χ4v) is 2.55. The summed E-state index contributed by atoms with van der Waals surface area (Å²) in [6, 6.07) is 7.57. The molecule has 0 radical (unpaired) electrons. The molecule has 1 unspecified atom stereocenters. The number of hydrogen-bond donors (Lipinski definition) is 1. The van der Waals surface area contributed by atoms with Crippen LogP contribution in [0.1, 0.15) is 25.3 Å². The molecule has 114 valence electrons. The Morgan fingerprint density at radius 1 is 1.33 bits per heavy atom. The summed E-state index contributed by atoms with van der Waals surface area (Å²) >= 11 is 0. The lowest BCUT2D eigenvalue weighted by Crippen LogP contribution is -2.45. The van der Waals surface area contributed by atoms with E-state index in [0.29, 0.717) is 31.7 Å². The van der Waals surface area contributed by atoms with E-state index in [-0.39, 0.29) is 11.8 Å². The van der Waals surface area contributed by atoms with E-state index < -0.39 is 12.1 Å². The van der Waals surface area contributed by atoms with Crippen molar-refractivity contribution in [1.82, 2.24) is 4.90 Å². The summed E-state index contributed by atoms with van der Waals surface area (Å²) in [5, 5.41) is 8.96. The molecule has 1 aromatic carbocycles. The lowest BCUT2D eigenvalue weighted by molar-refractivity contribution is -0.147. The fourth-order valence-electron chi connectivity index (χ4n) is 2.55. The van der Waals surface area contributed by atoms with Crippen molar-refractivity contribution in [3.05, 3.63) is 29.8 Å². The highest BCUT2D eigenvalue weighted by Gasteiger charge is 2.29. The average molecular weight is 291 g/mol. The van der Waals surface area contributed by atoms with E-state index in [4.69, 9.17) is 9.84 Å². The van der Waals surface area contributed by atoms with Gasteiger partial charge in [0.05, 0.1) is 5.92 Å². The van der Waals surface area contributed by atoms with Gasteiger partial charge in [-0.15, -0.1) is 0 Å². The first-order valence-corrected chi connectivity index (χ1v) is 7.22. The number of amides is 1. The summed E-state index contributed by atoms with van der Waals surface area (Å²) in [5.41, 5.74) is 1.08. The maximum Gasteiger partial charge on any atom is 0.306 e. The number of aliphatic carboxylic acids is 1. The second-order valence-corrected chi connectivity index (χ2v) is 5.51. The number of hydrogen-bond acceptors (Lipinski definition) is 3. The van der Waals surface area contributed by atoms with Gasteiger partial charge in [0, 0.05) is 13.1 Å². The predicted molar refractivity (Wildman–Crippen MR) is 78.2 cm³/mol. The Kier molecular flexibility index (Phi) is 4.83. The highest BCUT2D eigenvalue weighted by molar-refractivity contribution is 5.81. The number of carbonyl (C=O) groups is 2. The van der Waals surface area contributed by atoms with Gasteiger partial charge in [-0.3, -0.25) is 9.59 Å². The number of carbonyl (C=O) groups excluding carboxylic acids is 1. The van der Waals surface area contributed by atoms with E-state index in [1.807, 2.05) is 31.2 Å². The van der Waals surface area contributed by atoms with Gasteiger partial charge >= 0.3 is 5.97 Å². The lowest BCUT2D eigenvalue weighted by atomic mass is 9.97. The maximum atomic E-state index is 12.3. The van der Waals surface area contributed by atoms with E-state index >= 15 is 0 Å². The smallest absolute Gasteiger partial charge is 0.306 e. The Bertz CT molecular complexity index is 521. The van der Waals surface area contributed by atoms with Gasteiger partial charge in [-0.2, -0.15) is 0 Å². The number of nitrogens with zero attached hydrogens (tertiary/aromatic N) is 1. The summed E-state index contributed by atoms with van der Waals surface area (Å²) in [6.07, 6.45) is 0.462. The van der Waals surface area contributed by atoms with Crippen LogP contribution in [0.3, 0.4) is 0 Å². The van der Waals surface area contributed by atoms with Crippen molar-refractivity contribution in [2.45, 2.75) is 32.8 Å². The minimum Gasteiger partial charge on any atom is -0.481 e. The largest absolute Gasteiger partial charge is 0.481 e. The van der Waals surface area contributed by atoms with Crippen LogP contribution in [0.15, 0.2) is 24.3 Å². The van der Waals surface area contributed by atoms with Crippen LogP contribution >= 0.6 is 0 Å². The minimum absolute atomic E-state index is 0.0830. The highest BCUT2D eigenvalue weighted by atomic mass is 16.5. The monoisotopic (exact) mass is 291 g/mol. The zero-order valence-electron chi connectivity index (χ0n) is 12.4. The molecule has 1 amide bonds. The zero-order chi connectivity index (χ0) is 15.4. The van der Waals surface area contributed by atoms with E-state index in [2.05, 4.69) is 0 Å². The van der Waals surface area contributed by atoms with Gasteiger partial charge in [-0.05, 0) is 44.4 Å². The topological polar surface area (TPSA) is 66.8 Å². The molecule has 1 aliphatic heterocycles. The summed E-state index contributed by atoms with van der Waals surface area (Å²) in [6.45, 7) is 4.67. The minimum atomic E-state index is -0.772. The summed E-state index contributed by atoms with van der Waals surface area (Å²) in [4.78, 5) is 24.9. The number of benzene rings is 1. The third-order valence-corrected chi connectivity index (χ3v) is 3.81. The number of carboxylic acid groups (broad SMARTS) is 1. The molecule has 0 bridgehead atoms. The lowest BCUT2D eigenvalue weighted by Gasteiger charge is -2.32. The molecule has 1 fully saturated rings. The van der Waals surface area contributed by atoms with Crippen molar-refractivity contribution in [2.24, 2.45) is 5.92 Å². The van der Waals surface area contributed by atoms with Crippen LogP contribution in [0, 0.1) is 12.8 Å². The van der Waals surface area contributed by atoms with Gasteiger partial charge in [-0.25, -0.2) is 0 Å². The molecule has 5 nitrogen and oxygen atoms in total. The van der Waals surface area contributed by atoms with Crippen LogP contribution in [-0.2, 0) is 9.59 Å². The van der Waals surface area contributed by atoms with Crippen molar-refractivity contribution in [3.63, 3.8) is 0 Å². The first-order chi connectivity index (χ1) is 9.97. The van der Waals surface area contributed by atoms with E-state index in [1.165, 1.54) is 0 Å². The molecule has 1 atom stereocenters. The van der Waals surface area contributed by atoms with E-state index in [1.54, 1.807) is 11.8 Å². The summed E-state index contributed by atoms with van der Waals surface area (Å²) in [7, 11) is 0. The molecule has 1 aliphatic rings. The number of ether oxygens (including phenoxy) is 1. The molecule has 21 heavy (non-hydrogen) atoms. The standard InChI is InChI=1S/C16H21NO4/c1-11-4-3-5-14(10-11)21-12(2)15(18)17-8-6-13(7-9-17)16(19)20/h3-5,10,12-13H,6-9H2,1-2H3,(H,19,20). The van der Waals surface area contributed by atoms with Crippen molar-refractivity contribution < 1.29 is 19.4 Å². The first-order valence-electron chi connectivity index (χ1n) is 7.22. The number of aryl methyl sites for hydroxylation is 1. The van der Waals surface area contributed by atoms with Gasteiger partial charge < -0.3 is 14.7 Å². The van der Waals surface area contributed by atoms with Crippen molar-refractivity contribution in [3.8, 4) is 5.75 Å². The van der Waals surface area contributed by atoms with Crippen molar-refractivity contribution in [2.75, 3.05) is 13.1 Å². The summed E-state index contributed by atoms with van der Waals surface area (Å²) < 4.78 is 5.68. The van der Waals surface area contributed by atoms with Crippen LogP contribution in [0.4, 0.5) is 0 Å². The molecule has 1 saturated heterocycles. The molecule has 0 spiro atoms. The van der Waals surface area contributed by atoms with Crippen LogP contribution in [-0.4, -0.2) is 41.1 Å². The molecular weight excluding hydrogens is 270 g/mol. The Hall–Kier alpha value is -2.04. The van der Waals surface area contributed by atoms with Crippen molar-refractivity contribution in [1.29, 1.82) is 0 Å². The molecule has 5 heteroatoms. The van der Waals surface area contributed by atoms with Gasteiger partial charge in [0.15, 0.2) is 6.10 Å². The average Bonchev–Trinajstić information content (AvgIpc) is 2.46. The molecule has 0 aliphatic carbocycles. The third kappa shape index (κ3) is 3.97. The number of likely N-dealkylation sites (tertiary alicyclic amines) is 1. The molecule has 2 rings (SSSR count). The maximum absolute atomic E-state index is 12.3. The Morgan fingerprint density at radius 2 is 2.00 bits per heavy atom. The Labute approximate surface area is 124 Å². The van der Waals surface area contributed by atoms with Crippen LogP contribution in [0.2, 0.25) is 0 Å². The zero-order valence-corrected chi connectivity index (χ0v) is 12.4. The molecule has 1 heterocycles. The molecule has 1 aromatic rings. The molecular formula is C16H21NO4. The third-order valence-electron chi connectivity index (χ3n) is 3.81.